The predicted octanol–water partition coefficient (Wildman–Crippen LogP) is 3.77. The molecule has 1 amide bonds. The smallest absolute Gasteiger partial charge is 0.257 e. The van der Waals surface area contributed by atoms with Gasteiger partial charge >= 0.3 is 0 Å². The highest BCUT2D eigenvalue weighted by atomic mass is 32.1. The van der Waals surface area contributed by atoms with E-state index in [4.69, 9.17) is 17.0 Å². The maximum absolute atomic E-state index is 12.1. The monoisotopic (exact) mass is 328 g/mol. The Morgan fingerprint density at radius 1 is 1.17 bits per heavy atom. The SMILES string of the molecule is CCCc1ccc(OC)c(NC(=S)NC(=O)c2ccccc2)c1. The van der Waals surface area contributed by atoms with Gasteiger partial charge in [-0.05, 0) is 48.5 Å². The minimum atomic E-state index is -0.244. The summed E-state index contributed by atoms with van der Waals surface area (Å²) in [6.07, 6.45) is 2.03. The second kappa shape index (κ2) is 8.29. The summed E-state index contributed by atoms with van der Waals surface area (Å²) in [6.45, 7) is 2.13. The first kappa shape index (κ1) is 17.0. The highest BCUT2D eigenvalue weighted by molar-refractivity contribution is 7.80. The zero-order valence-corrected chi connectivity index (χ0v) is 14.1. The van der Waals surface area contributed by atoms with Gasteiger partial charge in [0, 0.05) is 5.56 Å². The third-order valence-corrected chi connectivity index (χ3v) is 3.52. The molecule has 0 bridgehead atoms. The molecular weight excluding hydrogens is 308 g/mol. The van der Waals surface area contributed by atoms with Gasteiger partial charge in [0.1, 0.15) is 5.75 Å². The molecule has 0 aliphatic heterocycles. The number of thiocarbonyl (C=S) groups is 1. The zero-order valence-electron chi connectivity index (χ0n) is 13.3. The summed E-state index contributed by atoms with van der Waals surface area (Å²) >= 11 is 5.23. The quantitative estimate of drug-likeness (QED) is 0.820. The van der Waals surface area contributed by atoms with Crippen LogP contribution in [0.4, 0.5) is 5.69 Å². The molecular formula is C18H20N2O2S. The van der Waals surface area contributed by atoms with Gasteiger partial charge in [-0.2, -0.15) is 0 Å². The van der Waals surface area contributed by atoms with E-state index in [1.54, 1.807) is 19.2 Å². The van der Waals surface area contributed by atoms with Crippen molar-refractivity contribution in [2.75, 3.05) is 12.4 Å². The van der Waals surface area contributed by atoms with Crippen LogP contribution in [0.25, 0.3) is 0 Å². The third kappa shape index (κ3) is 4.79. The molecule has 0 fully saturated rings. The average molecular weight is 328 g/mol. The number of carbonyl (C=O) groups excluding carboxylic acids is 1. The largest absolute Gasteiger partial charge is 0.495 e. The molecule has 0 aliphatic rings. The molecule has 0 radical (unpaired) electrons. The Labute approximate surface area is 141 Å². The van der Waals surface area contributed by atoms with Crippen LogP contribution in [0.1, 0.15) is 29.3 Å². The highest BCUT2D eigenvalue weighted by Crippen LogP contribution is 2.26. The number of methoxy groups -OCH3 is 1. The molecule has 2 aromatic carbocycles. The molecule has 2 aromatic rings. The standard InChI is InChI=1S/C18H20N2O2S/c1-3-7-13-10-11-16(22-2)15(12-13)19-18(23)20-17(21)14-8-5-4-6-9-14/h4-6,8-12H,3,7H2,1-2H3,(H2,19,20,21,23). The van der Waals surface area contributed by atoms with E-state index >= 15 is 0 Å². The number of nitrogens with one attached hydrogen (secondary N) is 2. The van der Waals surface area contributed by atoms with Crippen molar-refractivity contribution in [3.05, 3.63) is 59.7 Å². The van der Waals surface area contributed by atoms with E-state index < -0.39 is 0 Å². The van der Waals surface area contributed by atoms with Crippen molar-refractivity contribution in [2.24, 2.45) is 0 Å². The minimum absolute atomic E-state index is 0.241. The van der Waals surface area contributed by atoms with Gasteiger partial charge in [-0.3, -0.25) is 10.1 Å². The van der Waals surface area contributed by atoms with Gasteiger partial charge in [0.25, 0.3) is 5.91 Å². The Hall–Kier alpha value is -2.40. The Kier molecular flexibility index (Phi) is 6.11. The summed E-state index contributed by atoms with van der Waals surface area (Å²) in [6, 6.07) is 14.9. The maximum Gasteiger partial charge on any atom is 0.257 e. The second-order valence-electron chi connectivity index (χ2n) is 5.06. The number of anilines is 1. The van der Waals surface area contributed by atoms with Crippen molar-refractivity contribution in [3.8, 4) is 5.75 Å². The van der Waals surface area contributed by atoms with Crippen molar-refractivity contribution < 1.29 is 9.53 Å². The number of hydrogen-bond acceptors (Lipinski definition) is 3. The molecule has 2 rings (SSSR count). The van der Waals surface area contributed by atoms with Crippen molar-refractivity contribution >= 4 is 28.9 Å². The van der Waals surface area contributed by atoms with E-state index in [-0.39, 0.29) is 11.0 Å². The summed E-state index contributed by atoms with van der Waals surface area (Å²) < 4.78 is 5.33. The Morgan fingerprint density at radius 2 is 1.91 bits per heavy atom. The molecule has 0 saturated heterocycles. The number of ether oxygens (including phenoxy) is 1. The fourth-order valence-electron chi connectivity index (χ4n) is 2.22. The van der Waals surface area contributed by atoms with E-state index in [1.807, 2.05) is 36.4 Å². The van der Waals surface area contributed by atoms with Crippen LogP contribution in [0.5, 0.6) is 5.75 Å². The van der Waals surface area contributed by atoms with Gasteiger partial charge in [-0.25, -0.2) is 0 Å². The second-order valence-corrected chi connectivity index (χ2v) is 5.47. The van der Waals surface area contributed by atoms with Crippen molar-refractivity contribution in [1.82, 2.24) is 5.32 Å². The Bertz CT molecular complexity index is 687. The summed E-state index contributed by atoms with van der Waals surface area (Å²) in [7, 11) is 1.60. The molecule has 0 aromatic heterocycles. The summed E-state index contributed by atoms with van der Waals surface area (Å²) in [4.78, 5) is 12.1. The first-order chi connectivity index (χ1) is 11.1. The van der Waals surface area contributed by atoms with Crippen LogP contribution in [0, 0.1) is 0 Å². The summed E-state index contributed by atoms with van der Waals surface area (Å²) in [5, 5.41) is 5.95. The first-order valence-corrected chi connectivity index (χ1v) is 7.89. The number of amides is 1. The molecule has 0 heterocycles. The lowest BCUT2D eigenvalue weighted by Crippen LogP contribution is -2.34. The lowest BCUT2D eigenvalue weighted by Gasteiger charge is -2.14. The predicted molar refractivity (Wildman–Crippen MR) is 97.1 cm³/mol. The normalized spacial score (nSPS) is 10.0. The lowest BCUT2D eigenvalue weighted by atomic mass is 10.1. The van der Waals surface area contributed by atoms with Crippen LogP contribution >= 0.6 is 12.2 Å². The van der Waals surface area contributed by atoms with Gasteiger partial charge < -0.3 is 10.1 Å². The van der Waals surface area contributed by atoms with Gasteiger partial charge in [0.15, 0.2) is 5.11 Å². The van der Waals surface area contributed by atoms with Crippen molar-refractivity contribution in [2.45, 2.75) is 19.8 Å². The van der Waals surface area contributed by atoms with Crippen LogP contribution in [0.2, 0.25) is 0 Å². The van der Waals surface area contributed by atoms with Crippen molar-refractivity contribution in [3.63, 3.8) is 0 Å². The molecule has 0 unspecified atom stereocenters. The fourth-order valence-corrected chi connectivity index (χ4v) is 2.42. The molecule has 120 valence electrons. The van der Waals surface area contributed by atoms with E-state index in [2.05, 4.69) is 17.6 Å². The third-order valence-electron chi connectivity index (χ3n) is 3.31. The number of rotatable bonds is 5. The summed E-state index contributed by atoms with van der Waals surface area (Å²) in [5.74, 6) is 0.438. The molecule has 4 nitrogen and oxygen atoms in total. The van der Waals surface area contributed by atoms with E-state index in [1.165, 1.54) is 5.56 Å². The molecule has 0 spiro atoms. The van der Waals surface area contributed by atoms with Gasteiger partial charge in [-0.1, -0.05) is 37.6 Å². The topological polar surface area (TPSA) is 50.4 Å². The minimum Gasteiger partial charge on any atom is -0.495 e. The molecule has 5 heteroatoms. The molecule has 0 atom stereocenters. The van der Waals surface area contributed by atoms with Crippen LogP contribution in [0.15, 0.2) is 48.5 Å². The van der Waals surface area contributed by atoms with Crippen LogP contribution in [-0.4, -0.2) is 18.1 Å². The van der Waals surface area contributed by atoms with Crippen LogP contribution < -0.4 is 15.4 Å². The number of carbonyl (C=O) groups is 1. The highest BCUT2D eigenvalue weighted by Gasteiger charge is 2.10. The van der Waals surface area contributed by atoms with Crippen LogP contribution in [-0.2, 0) is 6.42 Å². The molecule has 0 aliphatic carbocycles. The number of benzene rings is 2. The average Bonchev–Trinajstić information content (AvgIpc) is 2.56. The van der Waals surface area contributed by atoms with Crippen LogP contribution in [0.3, 0.4) is 0 Å². The van der Waals surface area contributed by atoms with Gasteiger partial charge in [0.2, 0.25) is 0 Å². The van der Waals surface area contributed by atoms with E-state index in [9.17, 15) is 4.79 Å². The zero-order chi connectivity index (χ0) is 16.7. The maximum atomic E-state index is 12.1. The number of aryl methyl sites for hydroxylation is 1. The van der Waals surface area contributed by atoms with E-state index in [0.29, 0.717) is 11.3 Å². The molecule has 2 N–H and O–H groups in total. The van der Waals surface area contributed by atoms with Crippen molar-refractivity contribution in [1.29, 1.82) is 0 Å². The summed E-state index contributed by atoms with van der Waals surface area (Å²) in [5.41, 5.74) is 2.49. The van der Waals surface area contributed by atoms with Gasteiger partial charge in [-0.15, -0.1) is 0 Å². The first-order valence-electron chi connectivity index (χ1n) is 7.48. The number of hydrogen-bond donors (Lipinski definition) is 2. The Morgan fingerprint density at radius 3 is 2.57 bits per heavy atom. The van der Waals surface area contributed by atoms with Gasteiger partial charge in [0.05, 0.1) is 12.8 Å². The Balaban J connectivity index is 2.07. The lowest BCUT2D eigenvalue weighted by molar-refractivity contribution is 0.0977. The fraction of sp³-hybridized carbons (Fsp3) is 0.222. The molecule has 23 heavy (non-hydrogen) atoms. The van der Waals surface area contributed by atoms with E-state index in [0.717, 1.165) is 18.5 Å². The molecule has 0 saturated carbocycles.